The predicted octanol–water partition coefficient (Wildman–Crippen LogP) is 3.26. The monoisotopic (exact) mass is 340 g/mol. The lowest BCUT2D eigenvalue weighted by Crippen LogP contribution is -2.32. The van der Waals surface area contributed by atoms with Gasteiger partial charge in [-0.2, -0.15) is 0 Å². The SMILES string of the molecule is O=C(CCc1ccccc1)NC[C@H]1CC(Cc2ccc(F)cc2)=NO1. The van der Waals surface area contributed by atoms with Crippen LogP contribution in [0.25, 0.3) is 0 Å². The molecular formula is C20H21FN2O2. The number of hydrogen-bond acceptors (Lipinski definition) is 3. The first-order valence-electron chi connectivity index (χ1n) is 8.45. The molecule has 0 saturated heterocycles. The van der Waals surface area contributed by atoms with Crippen molar-refractivity contribution in [3.8, 4) is 0 Å². The smallest absolute Gasteiger partial charge is 0.220 e. The van der Waals surface area contributed by atoms with Crippen LogP contribution in [0.4, 0.5) is 4.39 Å². The zero-order valence-corrected chi connectivity index (χ0v) is 14.0. The first-order valence-corrected chi connectivity index (χ1v) is 8.45. The second kappa shape index (κ2) is 8.42. The molecule has 0 radical (unpaired) electrons. The first-order chi connectivity index (χ1) is 12.2. The van der Waals surface area contributed by atoms with E-state index in [1.807, 2.05) is 30.3 Å². The summed E-state index contributed by atoms with van der Waals surface area (Å²) in [7, 11) is 0. The summed E-state index contributed by atoms with van der Waals surface area (Å²) in [5.74, 6) is -0.233. The quantitative estimate of drug-likeness (QED) is 0.841. The number of carbonyl (C=O) groups excluding carboxylic acids is 1. The summed E-state index contributed by atoms with van der Waals surface area (Å²) in [6.45, 7) is 0.448. The van der Waals surface area contributed by atoms with Gasteiger partial charge >= 0.3 is 0 Å². The highest BCUT2D eigenvalue weighted by molar-refractivity contribution is 5.87. The summed E-state index contributed by atoms with van der Waals surface area (Å²) in [6.07, 6.45) is 2.37. The summed E-state index contributed by atoms with van der Waals surface area (Å²) in [4.78, 5) is 17.3. The molecule has 1 aliphatic rings. The van der Waals surface area contributed by atoms with Gasteiger partial charge in [-0.15, -0.1) is 0 Å². The molecule has 1 heterocycles. The second-order valence-corrected chi connectivity index (χ2v) is 6.18. The Hall–Kier alpha value is -2.69. The molecule has 0 spiro atoms. The molecule has 1 atom stereocenters. The second-order valence-electron chi connectivity index (χ2n) is 6.18. The number of benzene rings is 2. The van der Waals surface area contributed by atoms with Gasteiger partial charge in [0.1, 0.15) is 11.9 Å². The van der Waals surface area contributed by atoms with Crippen LogP contribution in [0.1, 0.15) is 24.0 Å². The molecule has 5 heteroatoms. The van der Waals surface area contributed by atoms with E-state index in [0.29, 0.717) is 25.8 Å². The van der Waals surface area contributed by atoms with Gasteiger partial charge < -0.3 is 10.2 Å². The van der Waals surface area contributed by atoms with E-state index in [0.717, 1.165) is 23.3 Å². The van der Waals surface area contributed by atoms with Crippen LogP contribution < -0.4 is 5.32 Å². The van der Waals surface area contributed by atoms with Crippen molar-refractivity contribution < 1.29 is 14.0 Å². The molecule has 0 fully saturated rings. The molecule has 0 saturated carbocycles. The summed E-state index contributed by atoms with van der Waals surface area (Å²) in [6, 6.07) is 16.3. The standard InChI is InChI=1S/C20H21FN2O2/c21-17-9-6-16(7-10-17)12-18-13-19(25-23-18)14-22-20(24)11-8-15-4-2-1-3-5-15/h1-7,9-10,19H,8,11-14H2,(H,22,24)/t19-/m1/s1. The number of carbonyl (C=O) groups is 1. The van der Waals surface area contributed by atoms with E-state index in [1.165, 1.54) is 12.1 Å². The molecule has 0 bridgehead atoms. The molecule has 4 nitrogen and oxygen atoms in total. The van der Waals surface area contributed by atoms with E-state index < -0.39 is 0 Å². The fraction of sp³-hybridized carbons (Fsp3) is 0.300. The molecule has 0 aromatic heterocycles. The number of rotatable bonds is 7. The van der Waals surface area contributed by atoms with Gasteiger partial charge in [0.05, 0.1) is 12.3 Å². The average Bonchev–Trinajstić information content (AvgIpc) is 3.08. The van der Waals surface area contributed by atoms with Gasteiger partial charge in [0.15, 0.2) is 0 Å². The summed E-state index contributed by atoms with van der Waals surface area (Å²) in [5.41, 5.74) is 3.06. The molecule has 1 amide bonds. The van der Waals surface area contributed by atoms with Gasteiger partial charge in [0, 0.05) is 19.3 Å². The van der Waals surface area contributed by atoms with E-state index in [2.05, 4.69) is 10.5 Å². The number of oxime groups is 1. The summed E-state index contributed by atoms with van der Waals surface area (Å²) in [5, 5.41) is 6.98. The Bertz CT molecular complexity index is 729. The van der Waals surface area contributed by atoms with Gasteiger partial charge in [-0.25, -0.2) is 4.39 Å². The fourth-order valence-corrected chi connectivity index (χ4v) is 2.76. The maximum Gasteiger partial charge on any atom is 0.220 e. The van der Waals surface area contributed by atoms with Gasteiger partial charge in [0.25, 0.3) is 0 Å². The van der Waals surface area contributed by atoms with Gasteiger partial charge in [-0.1, -0.05) is 47.6 Å². The number of hydrogen-bond donors (Lipinski definition) is 1. The third-order valence-corrected chi connectivity index (χ3v) is 4.13. The van der Waals surface area contributed by atoms with E-state index in [4.69, 9.17) is 4.84 Å². The number of nitrogens with zero attached hydrogens (tertiary/aromatic N) is 1. The van der Waals surface area contributed by atoms with Crippen LogP contribution in [0.5, 0.6) is 0 Å². The topological polar surface area (TPSA) is 50.7 Å². The van der Waals surface area contributed by atoms with E-state index in [9.17, 15) is 9.18 Å². The van der Waals surface area contributed by atoms with Crippen molar-refractivity contribution in [3.63, 3.8) is 0 Å². The average molecular weight is 340 g/mol. The summed E-state index contributed by atoms with van der Waals surface area (Å²) >= 11 is 0. The van der Waals surface area contributed by atoms with Crippen LogP contribution in [-0.4, -0.2) is 24.3 Å². The molecule has 3 rings (SSSR count). The lowest BCUT2D eigenvalue weighted by molar-refractivity contribution is -0.121. The highest BCUT2D eigenvalue weighted by atomic mass is 19.1. The number of aryl methyl sites for hydroxylation is 1. The number of halogens is 1. The highest BCUT2D eigenvalue weighted by Gasteiger charge is 2.21. The molecule has 130 valence electrons. The molecule has 1 aliphatic heterocycles. The molecular weight excluding hydrogens is 319 g/mol. The van der Waals surface area contributed by atoms with Crippen molar-refractivity contribution in [2.45, 2.75) is 31.8 Å². The predicted molar refractivity (Wildman–Crippen MR) is 94.8 cm³/mol. The van der Waals surface area contributed by atoms with Crippen molar-refractivity contribution in [3.05, 3.63) is 71.5 Å². The highest BCUT2D eigenvalue weighted by Crippen LogP contribution is 2.14. The molecule has 1 N–H and O–H groups in total. The van der Waals surface area contributed by atoms with Crippen LogP contribution in [0, 0.1) is 5.82 Å². The Morgan fingerprint density at radius 2 is 1.88 bits per heavy atom. The maximum absolute atomic E-state index is 12.9. The minimum Gasteiger partial charge on any atom is -0.390 e. The maximum atomic E-state index is 12.9. The largest absolute Gasteiger partial charge is 0.390 e. The van der Waals surface area contributed by atoms with Crippen molar-refractivity contribution >= 4 is 11.6 Å². The third-order valence-electron chi connectivity index (χ3n) is 4.13. The third kappa shape index (κ3) is 5.41. The Kier molecular flexibility index (Phi) is 5.77. The van der Waals surface area contributed by atoms with Crippen LogP contribution in [0.2, 0.25) is 0 Å². The van der Waals surface area contributed by atoms with E-state index in [1.54, 1.807) is 12.1 Å². The molecule has 25 heavy (non-hydrogen) atoms. The molecule has 0 unspecified atom stereocenters. The lowest BCUT2D eigenvalue weighted by Gasteiger charge is -2.10. The van der Waals surface area contributed by atoms with Crippen molar-refractivity contribution in [2.75, 3.05) is 6.54 Å². The molecule has 0 aliphatic carbocycles. The lowest BCUT2D eigenvalue weighted by atomic mass is 10.0. The van der Waals surface area contributed by atoms with Crippen LogP contribution >= 0.6 is 0 Å². The zero-order chi connectivity index (χ0) is 17.5. The Morgan fingerprint density at radius 1 is 1.12 bits per heavy atom. The number of nitrogens with one attached hydrogen (secondary N) is 1. The Labute approximate surface area is 146 Å². The fourth-order valence-electron chi connectivity index (χ4n) is 2.76. The van der Waals surface area contributed by atoms with Crippen molar-refractivity contribution in [1.29, 1.82) is 0 Å². The van der Waals surface area contributed by atoms with Gasteiger partial charge in [0.2, 0.25) is 5.91 Å². The summed E-state index contributed by atoms with van der Waals surface area (Å²) < 4.78 is 12.9. The number of amides is 1. The molecule has 2 aromatic rings. The minimum atomic E-state index is -0.246. The van der Waals surface area contributed by atoms with Crippen LogP contribution in [0.15, 0.2) is 59.8 Å². The van der Waals surface area contributed by atoms with E-state index in [-0.39, 0.29) is 17.8 Å². The Morgan fingerprint density at radius 3 is 2.64 bits per heavy atom. The first kappa shape index (κ1) is 17.1. The molecule has 2 aromatic carbocycles. The van der Waals surface area contributed by atoms with Gasteiger partial charge in [-0.3, -0.25) is 4.79 Å². The minimum absolute atomic E-state index is 0.0134. The van der Waals surface area contributed by atoms with Crippen LogP contribution in [-0.2, 0) is 22.5 Å². The van der Waals surface area contributed by atoms with E-state index >= 15 is 0 Å². The normalized spacial score (nSPS) is 16.2. The van der Waals surface area contributed by atoms with Crippen LogP contribution in [0.3, 0.4) is 0 Å². The zero-order valence-electron chi connectivity index (χ0n) is 14.0. The van der Waals surface area contributed by atoms with Crippen molar-refractivity contribution in [1.82, 2.24) is 5.32 Å². The van der Waals surface area contributed by atoms with Crippen molar-refractivity contribution in [2.24, 2.45) is 5.16 Å². The van der Waals surface area contributed by atoms with Gasteiger partial charge in [-0.05, 0) is 29.7 Å². The Balaban J connectivity index is 1.36.